The molecule has 3 aromatic carbocycles. The number of carbonyl (C=O) groups excluding carboxylic acids is 2. The quantitative estimate of drug-likeness (QED) is 0.101. The number of rotatable bonds is 15. The van der Waals surface area contributed by atoms with Crippen LogP contribution >= 0.6 is 0 Å². The molecule has 3 aromatic rings. The van der Waals surface area contributed by atoms with E-state index in [4.69, 9.17) is 19.4 Å². The highest BCUT2D eigenvalue weighted by atomic mass is 16.7. The van der Waals surface area contributed by atoms with Gasteiger partial charge in [0.05, 0.1) is 25.4 Å². The van der Waals surface area contributed by atoms with Crippen molar-refractivity contribution in [3.05, 3.63) is 95.1 Å². The van der Waals surface area contributed by atoms with E-state index in [1.54, 1.807) is 12.6 Å². The number of aliphatic hydroxyl groups excluding tert-OH is 1. The first-order valence-corrected chi connectivity index (χ1v) is 16.6. The first kappa shape index (κ1) is 34.7. The number of benzene rings is 3. The van der Waals surface area contributed by atoms with E-state index in [9.17, 15) is 14.7 Å². The first-order valence-electron chi connectivity index (χ1n) is 16.6. The Morgan fingerprint density at radius 2 is 1.66 bits per heavy atom. The molecule has 2 aliphatic rings. The topological polar surface area (TPSA) is 130 Å². The Labute approximate surface area is 277 Å². The van der Waals surface area contributed by atoms with E-state index in [2.05, 4.69) is 34.5 Å². The van der Waals surface area contributed by atoms with Crippen molar-refractivity contribution in [3.63, 3.8) is 0 Å². The Morgan fingerprint density at radius 3 is 2.38 bits per heavy atom. The van der Waals surface area contributed by atoms with Crippen LogP contribution in [0.5, 0.6) is 0 Å². The molecule has 252 valence electrons. The fourth-order valence-corrected chi connectivity index (χ4v) is 6.50. The SMILES string of the molecule is COCC1CCCN1CC1CC(c2ccc(CO)cc2)OC(c2ccc(-c3ccccc3CNC(=O)CCCCC(=O)NO)cc2)O1. The van der Waals surface area contributed by atoms with Crippen molar-refractivity contribution in [2.24, 2.45) is 0 Å². The van der Waals surface area contributed by atoms with Crippen LogP contribution in [0.4, 0.5) is 0 Å². The lowest BCUT2D eigenvalue weighted by Crippen LogP contribution is -2.42. The van der Waals surface area contributed by atoms with Gasteiger partial charge in [0.15, 0.2) is 6.29 Å². The van der Waals surface area contributed by atoms with Crippen LogP contribution in [-0.4, -0.2) is 66.0 Å². The number of amides is 2. The summed E-state index contributed by atoms with van der Waals surface area (Å²) in [4.78, 5) is 26.1. The first-order chi connectivity index (χ1) is 23.0. The number of hydrogen-bond acceptors (Lipinski definition) is 8. The fourth-order valence-electron chi connectivity index (χ4n) is 6.50. The lowest BCUT2D eigenvalue weighted by molar-refractivity contribution is -0.253. The molecule has 10 nitrogen and oxygen atoms in total. The monoisotopic (exact) mass is 645 g/mol. The molecule has 0 saturated carbocycles. The Morgan fingerprint density at radius 1 is 0.936 bits per heavy atom. The smallest absolute Gasteiger partial charge is 0.243 e. The zero-order chi connectivity index (χ0) is 33.0. The van der Waals surface area contributed by atoms with Crippen molar-refractivity contribution in [2.45, 2.75) is 82.6 Å². The highest BCUT2D eigenvalue weighted by Gasteiger charge is 2.35. The number of unbranched alkanes of at least 4 members (excludes halogenated alkanes) is 1. The van der Waals surface area contributed by atoms with Gasteiger partial charge in [0.2, 0.25) is 11.8 Å². The maximum Gasteiger partial charge on any atom is 0.243 e. The lowest BCUT2D eigenvalue weighted by Gasteiger charge is -2.38. The van der Waals surface area contributed by atoms with E-state index in [-0.39, 0.29) is 31.1 Å². The number of aliphatic hydroxyl groups is 1. The molecule has 5 rings (SSSR count). The minimum Gasteiger partial charge on any atom is -0.392 e. The Hall–Kier alpha value is -3.64. The second-order valence-electron chi connectivity index (χ2n) is 12.4. The zero-order valence-electron chi connectivity index (χ0n) is 27.1. The second kappa shape index (κ2) is 17.5. The predicted octanol–water partition coefficient (Wildman–Crippen LogP) is 5.18. The molecule has 2 fully saturated rings. The molecular formula is C37H47N3O7. The molecule has 0 bridgehead atoms. The van der Waals surface area contributed by atoms with Crippen LogP contribution in [0.3, 0.4) is 0 Å². The van der Waals surface area contributed by atoms with E-state index >= 15 is 0 Å². The van der Waals surface area contributed by atoms with Gasteiger partial charge in [0.1, 0.15) is 0 Å². The molecule has 2 heterocycles. The Balaban J connectivity index is 1.26. The van der Waals surface area contributed by atoms with E-state index < -0.39 is 12.2 Å². The van der Waals surface area contributed by atoms with Crippen LogP contribution in [-0.2, 0) is 37.0 Å². The van der Waals surface area contributed by atoms with Gasteiger partial charge in [-0.05, 0) is 60.0 Å². The number of nitrogens with zero attached hydrogens (tertiary/aromatic N) is 1. The number of methoxy groups -OCH3 is 1. The van der Waals surface area contributed by atoms with Crippen molar-refractivity contribution in [3.8, 4) is 11.1 Å². The van der Waals surface area contributed by atoms with Crippen molar-refractivity contribution < 1.29 is 34.1 Å². The summed E-state index contributed by atoms with van der Waals surface area (Å²) in [5.41, 5.74) is 7.54. The summed E-state index contributed by atoms with van der Waals surface area (Å²) in [6.07, 6.45) is 3.91. The van der Waals surface area contributed by atoms with Gasteiger partial charge in [-0.2, -0.15) is 0 Å². The molecule has 0 aromatic heterocycles. The number of hydrogen-bond donors (Lipinski definition) is 4. The average molecular weight is 646 g/mol. The number of nitrogens with one attached hydrogen (secondary N) is 2. The van der Waals surface area contributed by atoms with Gasteiger partial charge in [-0.1, -0.05) is 72.8 Å². The maximum atomic E-state index is 12.4. The van der Waals surface area contributed by atoms with Crippen LogP contribution in [0.1, 0.15) is 79.6 Å². The summed E-state index contributed by atoms with van der Waals surface area (Å²) in [5, 5.41) is 21.1. The van der Waals surface area contributed by atoms with Gasteiger partial charge >= 0.3 is 0 Å². The third-order valence-electron chi connectivity index (χ3n) is 9.08. The fraction of sp³-hybridized carbons (Fsp3) is 0.459. The minimum atomic E-state index is -0.535. The molecule has 0 spiro atoms. The molecule has 2 saturated heterocycles. The third-order valence-corrected chi connectivity index (χ3v) is 9.08. The molecular weight excluding hydrogens is 598 g/mol. The number of ether oxygens (including phenoxy) is 3. The van der Waals surface area contributed by atoms with Gasteiger partial charge in [0, 0.05) is 51.1 Å². The van der Waals surface area contributed by atoms with Crippen LogP contribution in [0, 0.1) is 0 Å². The Kier molecular flexibility index (Phi) is 12.9. The molecule has 47 heavy (non-hydrogen) atoms. The molecule has 4 unspecified atom stereocenters. The van der Waals surface area contributed by atoms with Crippen LogP contribution < -0.4 is 10.8 Å². The Bertz CT molecular complexity index is 1430. The van der Waals surface area contributed by atoms with E-state index in [0.29, 0.717) is 31.8 Å². The van der Waals surface area contributed by atoms with Crippen molar-refractivity contribution in [1.29, 1.82) is 0 Å². The zero-order valence-corrected chi connectivity index (χ0v) is 27.1. The van der Waals surface area contributed by atoms with Gasteiger partial charge in [-0.3, -0.25) is 19.7 Å². The van der Waals surface area contributed by atoms with E-state index in [1.165, 1.54) is 0 Å². The summed E-state index contributed by atoms with van der Waals surface area (Å²) in [5.74, 6) is -0.526. The highest BCUT2D eigenvalue weighted by Crippen LogP contribution is 2.39. The van der Waals surface area contributed by atoms with Crippen LogP contribution in [0.25, 0.3) is 11.1 Å². The second-order valence-corrected chi connectivity index (χ2v) is 12.4. The standard InChI is InChI=1S/C37H47N3O7/c1-45-25-31-8-6-20-40(31)23-32-21-34(28-14-12-26(24-41)13-15-28)47-37(46-32)29-18-16-27(17-19-29)33-9-3-2-7-30(33)22-38-35(42)10-4-5-11-36(43)39-44/h2-3,7,9,12-19,31-32,34,37,41,44H,4-6,8,10-11,20-25H2,1H3,(H,38,42)(H,39,43). The summed E-state index contributed by atoms with van der Waals surface area (Å²) in [7, 11) is 1.76. The average Bonchev–Trinajstić information content (AvgIpc) is 3.55. The van der Waals surface area contributed by atoms with Crippen LogP contribution in [0.15, 0.2) is 72.8 Å². The minimum absolute atomic E-state index is 0.00521. The summed E-state index contributed by atoms with van der Waals surface area (Å²) >= 11 is 0. The van der Waals surface area contributed by atoms with Gasteiger partial charge in [0.25, 0.3) is 0 Å². The molecule has 10 heteroatoms. The number of carbonyl (C=O) groups is 2. The summed E-state index contributed by atoms with van der Waals surface area (Å²) in [6.45, 7) is 2.96. The maximum absolute atomic E-state index is 12.4. The summed E-state index contributed by atoms with van der Waals surface area (Å²) in [6, 6.07) is 24.6. The largest absolute Gasteiger partial charge is 0.392 e. The van der Waals surface area contributed by atoms with Gasteiger partial charge in [-0.25, -0.2) is 5.48 Å². The van der Waals surface area contributed by atoms with E-state index in [0.717, 1.165) is 72.3 Å². The number of hydroxylamine groups is 1. The molecule has 2 amide bonds. The predicted molar refractivity (Wildman–Crippen MR) is 177 cm³/mol. The van der Waals surface area contributed by atoms with Crippen molar-refractivity contribution in [2.75, 3.05) is 26.8 Å². The van der Waals surface area contributed by atoms with E-state index in [1.807, 2.05) is 48.5 Å². The van der Waals surface area contributed by atoms with Crippen molar-refractivity contribution >= 4 is 11.8 Å². The third kappa shape index (κ3) is 9.70. The van der Waals surface area contributed by atoms with Gasteiger partial charge < -0.3 is 24.6 Å². The van der Waals surface area contributed by atoms with Crippen LogP contribution in [0.2, 0.25) is 0 Å². The molecule has 2 aliphatic heterocycles. The molecule has 0 aliphatic carbocycles. The molecule has 0 radical (unpaired) electrons. The highest BCUT2D eigenvalue weighted by molar-refractivity contribution is 5.77. The molecule has 4 N–H and O–H groups in total. The van der Waals surface area contributed by atoms with Crippen molar-refractivity contribution in [1.82, 2.24) is 15.7 Å². The summed E-state index contributed by atoms with van der Waals surface area (Å²) < 4.78 is 18.7. The van der Waals surface area contributed by atoms with Gasteiger partial charge in [-0.15, -0.1) is 0 Å². The number of likely N-dealkylation sites (tertiary alicyclic amines) is 1. The lowest BCUT2D eigenvalue weighted by atomic mass is 9.97. The normalized spacial score (nSPS) is 21.4. The molecule has 4 atom stereocenters.